The van der Waals surface area contributed by atoms with Crippen molar-refractivity contribution in [2.24, 2.45) is 0 Å². The van der Waals surface area contributed by atoms with Gasteiger partial charge in [-0.1, -0.05) is 11.6 Å². The molecule has 20 heavy (non-hydrogen) atoms. The number of ether oxygens (including phenoxy) is 1. The number of carbonyl (C=O) groups is 1. The van der Waals surface area contributed by atoms with Gasteiger partial charge in [-0.25, -0.2) is 0 Å². The highest BCUT2D eigenvalue weighted by Crippen LogP contribution is 2.27. The van der Waals surface area contributed by atoms with E-state index in [4.69, 9.17) is 20.8 Å². The molecule has 2 N–H and O–H groups in total. The van der Waals surface area contributed by atoms with E-state index in [9.17, 15) is 4.79 Å². The van der Waals surface area contributed by atoms with Gasteiger partial charge in [0.15, 0.2) is 0 Å². The molecule has 0 bridgehead atoms. The summed E-state index contributed by atoms with van der Waals surface area (Å²) in [5.74, 6) is 1.16. The topological polar surface area (TPSA) is 63.5 Å². The number of hydrogen-bond donors (Lipinski definition) is 2. The molecule has 0 spiro atoms. The van der Waals surface area contributed by atoms with Crippen LogP contribution < -0.4 is 15.4 Å². The number of rotatable bonds is 6. The monoisotopic (exact) mass is 294 g/mol. The van der Waals surface area contributed by atoms with E-state index in [0.29, 0.717) is 23.0 Å². The maximum atomic E-state index is 11.8. The summed E-state index contributed by atoms with van der Waals surface area (Å²) in [4.78, 5) is 11.8. The number of benzene rings is 1. The number of hydrogen-bond acceptors (Lipinski definition) is 4. The van der Waals surface area contributed by atoms with Gasteiger partial charge in [0, 0.05) is 5.02 Å². The predicted molar refractivity (Wildman–Crippen MR) is 77.0 cm³/mol. The molecule has 0 radical (unpaired) electrons. The summed E-state index contributed by atoms with van der Waals surface area (Å²) in [5.41, 5.74) is 0.546. The second kappa shape index (κ2) is 6.98. The Balaban J connectivity index is 1.86. The van der Waals surface area contributed by atoms with Crippen LogP contribution in [0.1, 0.15) is 5.76 Å². The first-order valence-corrected chi connectivity index (χ1v) is 6.43. The Bertz CT molecular complexity index is 570. The van der Waals surface area contributed by atoms with Crippen molar-refractivity contribution in [2.45, 2.75) is 6.54 Å². The number of halogens is 1. The van der Waals surface area contributed by atoms with Gasteiger partial charge >= 0.3 is 0 Å². The van der Waals surface area contributed by atoms with Crippen LogP contribution in [0.5, 0.6) is 5.75 Å². The summed E-state index contributed by atoms with van der Waals surface area (Å²) in [7, 11) is 1.54. The van der Waals surface area contributed by atoms with Gasteiger partial charge in [0.25, 0.3) is 0 Å². The molecular weight excluding hydrogens is 280 g/mol. The lowest BCUT2D eigenvalue weighted by molar-refractivity contribution is -0.115. The lowest BCUT2D eigenvalue weighted by Crippen LogP contribution is -2.27. The Labute approximate surface area is 121 Å². The smallest absolute Gasteiger partial charge is 0.238 e. The minimum atomic E-state index is -0.183. The fourth-order valence-electron chi connectivity index (χ4n) is 1.68. The number of carbonyl (C=O) groups excluding carboxylic acids is 1. The van der Waals surface area contributed by atoms with E-state index in [2.05, 4.69) is 10.6 Å². The van der Waals surface area contributed by atoms with Crippen LogP contribution >= 0.6 is 11.6 Å². The van der Waals surface area contributed by atoms with E-state index in [1.54, 1.807) is 30.5 Å². The summed E-state index contributed by atoms with van der Waals surface area (Å²) in [5, 5.41) is 6.25. The quantitative estimate of drug-likeness (QED) is 0.860. The molecule has 2 rings (SSSR count). The second-order valence-corrected chi connectivity index (χ2v) is 4.51. The zero-order chi connectivity index (χ0) is 14.4. The van der Waals surface area contributed by atoms with Crippen LogP contribution in [-0.2, 0) is 11.3 Å². The van der Waals surface area contributed by atoms with Crippen molar-refractivity contribution < 1.29 is 13.9 Å². The molecule has 0 unspecified atom stereocenters. The molecule has 1 amide bonds. The molecule has 1 aromatic heterocycles. The molecule has 106 valence electrons. The molecule has 0 aliphatic carbocycles. The van der Waals surface area contributed by atoms with Gasteiger partial charge in [0.2, 0.25) is 5.91 Å². The number of nitrogens with one attached hydrogen (secondary N) is 2. The van der Waals surface area contributed by atoms with E-state index in [0.717, 1.165) is 5.76 Å². The van der Waals surface area contributed by atoms with Gasteiger partial charge < -0.3 is 19.8 Å². The predicted octanol–water partition coefficient (Wildman–Crippen LogP) is 2.67. The van der Waals surface area contributed by atoms with Crippen LogP contribution in [0.3, 0.4) is 0 Å². The lowest BCUT2D eigenvalue weighted by Gasteiger charge is -2.10. The van der Waals surface area contributed by atoms with Gasteiger partial charge in [-0.2, -0.15) is 0 Å². The van der Waals surface area contributed by atoms with E-state index in [1.165, 1.54) is 7.11 Å². The fourth-order valence-corrected chi connectivity index (χ4v) is 1.86. The van der Waals surface area contributed by atoms with E-state index in [1.807, 2.05) is 6.07 Å². The van der Waals surface area contributed by atoms with Crippen LogP contribution in [0.2, 0.25) is 5.02 Å². The third-order valence-electron chi connectivity index (χ3n) is 2.60. The van der Waals surface area contributed by atoms with Gasteiger partial charge in [0.05, 0.1) is 32.1 Å². The second-order valence-electron chi connectivity index (χ2n) is 4.08. The Hall–Kier alpha value is -1.98. The molecular formula is C14H15ClN2O3. The summed E-state index contributed by atoms with van der Waals surface area (Å²) in [6, 6.07) is 8.68. The zero-order valence-electron chi connectivity index (χ0n) is 11.0. The number of anilines is 1. The Kier molecular flexibility index (Phi) is 5.03. The molecule has 0 fully saturated rings. The summed E-state index contributed by atoms with van der Waals surface area (Å²) in [6.45, 7) is 0.656. The van der Waals surface area contributed by atoms with Gasteiger partial charge in [0.1, 0.15) is 11.5 Å². The van der Waals surface area contributed by atoms with Crippen molar-refractivity contribution in [1.82, 2.24) is 5.32 Å². The Morgan fingerprint density at radius 3 is 2.95 bits per heavy atom. The Morgan fingerprint density at radius 2 is 2.25 bits per heavy atom. The highest BCUT2D eigenvalue weighted by Gasteiger charge is 2.08. The van der Waals surface area contributed by atoms with Crippen LogP contribution in [0.25, 0.3) is 0 Å². The maximum absolute atomic E-state index is 11.8. The van der Waals surface area contributed by atoms with E-state index < -0.39 is 0 Å². The molecule has 6 heteroatoms. The number of methoxy groups -OCH3 is 1. The van der Waals surface area contributed by atoms with Crippen molar-refractivity contribution in [3.05, 3.63) is 47.4 Å². The highest BCUT2D eigenvalue weighted by atomic mass is 35.5. The third-order valence-corrected chi connectivity index (χ3v) is 2.84. The number of furan rings is 1. The third kappa shape index (κ3) is 4.01. The minimum absolute atomic E-state index is 0.163. The average molecular weight is 295 g/mol. The molecule has 0 aliphatic heterocycles. The van der Waals surface area contributed by atoms with Crippen molar-refractivity contribution in [3.8, 4) is 5.75 Å². The first kappa shape index (κ1) is 14.4. The standard InChI is InChI=1S/C14H15ClN2O3/c1-19-13-5-4-10(15)7-12(13)17-14(18)9-16-8-11-3-2-6-20-11/h2-7,16H,8-9H2,1H3,(H,17,18). The molecule has 0 aliphatic rings. The normalized spacial score (nSPS) is 10.3. The van der Waals surface area contributed by atoms with Crippen LogP contribution in [0.4, 0.5) is 5.69 Å². The van der Waals surface area contributed by atoms with Crippen LogP contribution in [0, 0.1) is 0 Å². The van der Waals surface area contributed by atoms with Crippen molar-refractivity contribution >= 4 is 23.2 Å². The highest BCUT2D eigenvalue weighted by molar-refractivity contribution is 6.31. The zero-order valence-corrected chi connectivity index (χ0v) is 11.7. The van der Waals surface area contributed by atoms with Crippen molar-refractivity contribution in [1.29, 1.82) is 0 Å². The maximum Gasteiger partial charge on any atom is 0.238 e. The molecule has 0 saturated heterocycles. The minimum Gasteiger partial charge on any atom is -0.495 e. The van der Waals surface area contributed by atoms with E-state index in [-0.39, 0.29) is 12.5 Å². The molecule has 5 nitrogen and oxygen atoms in total. The summed E-state index contributed by atoms with van der Waals surface area (Å²) in [6.07, 6.45) is 1.59. The molecule has 1 aromatic carbocycles. The number of amides is 1. The average Bonchev–Trinajstić information content (AvgIpc) is 2.92. The first-order chi connectivity index (χ1) is 9.69. The summed E-state index contributed by atoms with van der Waals surface area (Å²) < 4.78 is 10.3. The van der Waals surface area contributed by atoms with Crippen LogP contribution in [-0.4, -0.2) is 19.6 Å². The van der Waals surface area contributed by atoms with Gasteiger partial charge in [-0.3, -0.25) is 4.79 Å². The largest absolute Gasteiger partial charge is 0.495 e. The Morgan fingerprint density at radius 1 is 1.40 bits per heavy atom. The van der Waals surface area contributed by atoms with E-state index >= 15 is 0 Å². The summed E-state index contributed by atoms with van der Waals surface area (Å²) >= 11 is 5.89. The van der Waals surface area contributed by atoms with Crippen LogP contribution in [0.15, 0.2) is 41.0 Å². The molecule has 2 aromatic rings. The van der Waals surface area contributed by atoms with Gasteiger partial charge in [-0.15, -0.1) is 0 Å². The van der Waals surface area contributed by atoms with Gasteiger partial charge in [-0.05, 0) is 30.3 Å². The SMILES string of the molecule is COc1ccc(Cl)cc1NC(=O)CNCc1ccco1. The fraction of sp³-hybridized carbons (Fsp3) is 0.214. The first-order valence-electron chi connectivity index (χ1n) is 6.05. The van der Waals surface area contributed by atoms with Crippen molar-refractivity contribution in [2.75, 3.05) is 19.0 Å². The van der Waals surface area contributed by atoms with Crippen molar-refractivity contribution in [3.63, 3.8) is 0 Å². The lowest BCUT2D eigenvalue weighted by atomic mass is 10.3. The molecule has 0 atom stereocenters. The molecule has 1 heterocycles. The molecule has 0 saturated carbocycles.